The zero-order valence-electron chi connectivity index (χ0n) is 15.1. The van der Waals surface area contributed by atoms with Gasteiger partial charge in [-0.25, -0.2) is 8.42 Å². The van der Waals surface area contributed by atoms with Gasteiger partial charge in [-0.3, -0.25) is 9.52 Å². The number of fused-ring (bicyclic) bond motifs is 1. The summed E-state index contributed by atoms with van der Waals surface area (Å²) in [6.45, 7) is 7.58. The minimum Gasteiger partial charge on any atom is -0.454 e. The summed E-state index contributed by atoms with van der Waals surface area (Å²) in [6, 6.07) is 9.66. The first-order valence-electron chi connectivity index (χ1n) is 8.16. The standard InChI is InChI=1S/C19H21NO5S/c1-12(21)15-9-17-18(25-11-24-17)10-16(15)20-26(22,23)14-7-5-13(6-8-14)19(2,3)4/h5-10,20H,11H2,1-4H3. The molecule has 1 heterocycles. The third-order valence-electron chi connectivity index (χ3n) is 4.17. The first kappa shape index (κ1) is 18.3. The first-order valence-corrected chi connectivity index (χ1v) is 9.64. The van der Waals surface area contributed by atoms with Gasteiger partial charge in [0.1, 0.15) is 0 Å². The topological polar surface area (TPSA) is 81.7 Å². The van der Waals surface area contributed by atoms with Gasteiger partial charge in [0, 0.05) is 11.6 Å². The van der Waals surface area contributed by atoms with Crippen LogP contribution < -0.4 is 14.2 Å². The maximum absolute atomic E-state index is 12.7. The second-order valence-electron chi connectivity index (χ2n) is 7.19. The van der Waals surface area contributed by atoms with Crippen molar-refractivity contribution in [2.45, 2.75) is 38.0 Å². The Morgan fingerprint density at radius 3 is 2.15 bits per heavy atom. The van der Waals surface area contributed by atoms with Crippen molar-refractivity contribution in [2.24, 2.45) is 0 Å². The molecule has 7 heteroatoms. The van der Waals surface area contributed by atoms with Crippen LogP contribution in [-0.4, -0.2) is 21.0 Å². The molecule has 0 aliphatic carbocycles. The molecule has 0 unspecified atom stereocenters. The molecule has 0 saturated carbocycles. The largest absolute Gasteiger partial charge is 0.454 e. The lowest BCUT2D eigenvalue weighted by Crippen LogP contribution is -2.16. The van der Waals surface area contributed by atoms with Gasteiger partial charge in [-0.2, -0.15) is 0 Å². The number of carbonyl (C=O) groups excluding carboxylic acids is 1. The number of carbonyl (C=O) groups is 1. The van der Waals surface area contributed by atoms with Crippen molar-refractivity contribution in [1.82, 2.24) is 0 Å². The van der Waals surface area contributed by atoms with Crippen LogP contribution in [0.1, 0.15) is 43.6 Å². The molecular formula is C19H21NO5S. The molecule has 1 N–H and O–H groups in total. The monoisotopic (exact) mass is 375 g/mol. The Kier molecular flexibility index (Phi) is 4.44. The summed E-state index contributed by atoms with van der Waals surface area (Å²) in [7, 11) is -3.85. The molecule has 0 aromatic heterocycles. The van der Waals surface area contributed by atoms with Crippen molar-refractivity contribution in [2.75, 3.05) is 11.5 Å². The number of ketones is 1. The van der Waals surface area contributed by atoms with Gasteiger partial charge in [0.25, 0.3) is 10.0 Å². The smallest absolute Gasteiger partial charge is 0.261 e. The summed E-state index contributed by atoms with van der Waals surface area (Å²) in [5.74, 6) is 0.549. The van der Waals surface area contributed by atoms with Gasteiger partial charge >= 0.3 is 0 Å². The van der Waals surface area contributed by atoms with Gasteiger partial charge in [0.05, 0.1) is 10.6 Å². The van der Waals surface area contributed by atoms with Crippen LogP contribution in [0.25, 0.3) is 0 Å². The van der Waals surface area contributed by atoms with E-state index < -0.39 is 10.0 Å². The number of sulfonamides is 1. The molecule has 0 spiro atoms. The average Bonchev–Trinajstić information content (AvgIpc) is 3.00. The normalized spacial score (nSPS) is 13.5. The number of hydrogen-bond donors (Lipinski definition) is 1. The second kappa shape index (κ2) is 6.32. The molecule has 2 aromatic carbocycles. The Bertz CT molecular complexity index is 957. The molecule has 1 aliphatic rings. The van der Waals surface area contributed by atoms with E-state index >= 15 is 0 Å². The molecule has 3 rings (SSSR count). The third kappa shape index (κ3) is 3.53. The van der Waals surface area contributed by atoms with Crippen molar-refractivity contribution < 1.29 is 22.7 Å². The highest BCUT2D eigenvalue weighted by atomic mass is 32.2. The van der Waals surface area contributed by atoms with Crippen LogP contribution in [-0.2, 0) is 15.4 Å². The second-order valence-corrected chi connectivity index (χ2v) is 8.87. The van der Waals surface area contributed by atoms with Gasteiger partial charge in [0.2, 0.25) is 6.79 Å². The quantitative estimate of drug-likeness (QED) is 0.824. The van der Waals surface area contributed by atoms with Crippen LogP contribution in [0.15, 0.2) is 41.3 Å². The van der Waals surface area contributed by atoms with Crippen molar-refractivity contribution >= 4 is 21.5 Å². The molecular weight excluding hydrogens is 354 g/mol. The Labute approximate surface area is 153 Å². The van der Waals surface area contributed by atoms with E-state index in [0.717, 1.165) is 5.56 Å². The van der Waals surface area contributed by atoms with E-state index in [2.05, 4.69) is 25.5 Å². The number of nitrogens with one attached hydrogen (secondary N) is 1. The highest BCUT2D eigenvalue weighted by Crippen LogP contribution is 2.38. The predicted octanol–water partition coefficient (Wildman–Crippen LogP) is 3.72. The SMILES string of the molecule is CC(=O)c1cc2c(cc1NS(=O)(=O)c1ccc(C(C)(C)C)cc1)OCO2. The number of Topliss-reactive ketones (excluding diaryl/α,β-unsaturated/α-hetero) is 1. The number of benzene rings is 2. The van der Waals surface area contributed by atoms with Crippen LogP contribution in [0, 0.1) is 0 Å². The van der Waals surface area contributed by atoms with Crippen molar-refractivity contribution in [3.8, 4) is 11.5 Å². The Morgan fingerprint density at radius 1 is 1.04 bits per heavy atom. The van der Waals surface area contributed by atoms with Crippen LogP contribution in [0.4, 0.5) is 5.69 Å². The molecule has 26 heavy (non-hydrogen) atoms. The number of ether oxygens (including phenoxy) is 2. The highest BCUT2D eigenvalue weighted by Gasteiger charge is 2.23. The molecule has 0 bridgehead atoms. The number of anilines is 1. The fraction of sp³-hybridized carbons (Fsp3) is 0.316. The maximum Gasteiger partial charge on any atom is 0.261 e. The molecule has 1 aliphatic heterocycles. The molecule has 0 amide bonds. The molecule has 138 valence electrons. The minimum absolute atomic E-state index is 0.0388. The van der Waals surface area contributed by atoms with Crippen LogP contribution in [0.2, 0.25) is 0 Å². The van der Waals surface area contributed by atoms with E-state index in [1.807, 2.05) is 0 Å². The fourth-order valence-corrected chi connectivity index (χ4v) is 3.73. The van der Waals surface area contributed by atoms with Crippen LogP contribution in [0.3, 0.4) is 0 Å². The zero-order valence-corrected chi connectivity index (χ0v) is 15.9. The molecule has 2 aromatic rings. The summed E-state index contributed by atoms with van der Waals surface area (Å²) in [4.78, 5) is 12.0. The van der Waals surface area contributed by atoms with Crippen molar-refractivity contribution in [3.63, 3.8) is 0 Å². The number of hydrogen-bond acceptors (Lipinski definition) is 5. The van der Waals surface area contributed by atoms with Crippen LogP contribution in [0.5, 0.6) is 11.5 Å². The Balaban J connectivity index is 1.96. The summed E-state index contributed by atoms with van der Waals surface area (Å²) >= 11 is 0. The summed E-state index contributed by atoms with van der Waals surface area (Å²) in [5.41, 5.74) is 1.35. The third-order valence-corrected chi connectivity index (χ3v) is 5.55. The molecule has 0 radical (unpaired) electrons. The predicted molar refractivity (Wildman–Crippen MR) is 98.5 cm³/mol. The molecule has 6 nitrogen and oxygen atoms in total. The Hall–Kier alpha value is -2.54. The zero-order chi connectivity index (χ0) is 19.1. The van der Waals surface area contributed by atoms with Crippen molar-refractivity contribution in [3.05, 3.63) is 47.5 Å². The van der Waals surface area contributed by atoms with Gasteiger partial charge in [-0.05, 0) is 36.1 Å². The highest BCUT2D eigenvalue weighted by molar-refractivity contribution is 7.92. The van der Waals surface area contributed by atoms with E-state index in [1.165, 1.54) is 19.1 Å². The van der Waals surface area contributed by atoms with E-state index in [1.54, 1.807) is 24.3 Å². The average molecular weight is 375 g/mol. The minimum atomic E-state index is -3.85. The Morgan fingerprint density at radius 2 is 1.62 bits per heavy atom. The van der Waals surface area contributed by atoms with Gasteiger partial charge in [0.15, 0.2) is 17.3 Å². The van der Waals surface area contributed by atoms with E-state index in [4.69, 9.17) is 9.47 Å². The molecule has 0 atom stereocenters. The fourth-order valence-electron chi connectivity index (χ4n) is 2.66. The summed E-state index contributed by atoms with van der Waals surface area (Å²) in [6.07, 6.45) is 0. The van der Waals surface area contributed by atoms with Gasteiger partial charge < -0.3 is 9.47 Å². The summed E-state index contributed by atoms with van der Waals surface area (Å²) in [5, 5.41) is 0. The van der Waals surface area contributed by atoms with E-state index in [0.29, 0.717) is 11.5 Å². The lowest BCUT2D eigenvalue weighted by molar-refractivity contribution is 0.101. The first-order chi connectivity index (χ1) is 12.1. The van der Waals surface area contributed by atoms with Crippen LogP contribution >= 0.6 is 0 Å². The van der Waals surface area contributed by atoms with Crippen molar-refractivity contribution in [1.29, 1.82) is 0 Å². The maximum atomic E-state index is 12.7. The van der Waals surface area contributed by atoms with Gasteiger partial charge in [-0.15, -0.1) is 0 Å². The van der Waals surface area contributed by atoms with E-state index in [9.17, 15) is 13.2 Å². The lowest BCUT2D eigenvalue weighted by Gasteiger charge is -2.19. The van der Waals surface area contributed by atoms with Gasteiger partial charge in [-0.1, -0.05) is 32.9 Å². The lowest BCUT2D eigenvalue weighted by atomic mass is 9.87. The number of rotatable bonds is 4. The van der Waals surface area contributed by atoms with E-state index in [-0.39, 0.29) is 34.1 Å². The molecule has 0 saturated heterocycles. The summed E-state index contributed by atoms with van der Waals surface area (Å²) < 4.78 is 38.5. The molecule has 0 fully saturated rings.